The third kappa shape index (κ3) is 32.8. The maximum absolute atomic E-state index is 14.9. The molecule has 0 bridgehead atoms. The van der Waals surface area contributed by atoms with E-state index in [4.69, 9.17) is 45.9 Å². The summed E-state index contributed by atoms with van der Waals surface area (Å²) in [6.45, 7) is 5.20. The molecule has 2 aliphatic heterocycles. The molecule has 2 aromatic carbocycles. The van der Waals surface area contributed by atoms with Gasteiger partial charge in [0.15, 0.2) is 11.9 Å². The van der Waals surface area contributed by atoms with Crippen molar-refractivity contribution in [1.29, 1.82) is 0 Å². The molecule has 0 aromatic heterocycles. The summed E-state index contributed by atoms with van der Waals surface area (Å²) in [6.07, 6.45) is 3.02. The van der Waals surface area contributed by atoms with Crippen molar-refractivity contribution in [3.63, 3.8) is 0 Å². The Balaban J connectivity index is 1.64. The number of guanidine groups is 2. The second kappa shape index (κ2) is 49.2. The average molecular weight is 1580 g/mol. The highest BCUT2D eigenvalue weighted by Crippen LogP contribution is 2.23. The minimum atomic E-state index is -1.79. The Bertz CT molecular complexity index is 3440. The Morgan fingerprint density at radius 1 is 0.495 bits per heavy atom. The topological polar surface area (TPSA) is 642 Å². The molecule has 39 heteroatoms. The number of phenolic OH excluding ortho intramolecular Hbond substituents is 1. The number of benzene rings is 2. The highest BCUT2D eigenvalue weighted by Gasteiger charge is 2.42. The van der Waals surface area contributed by atoms with Crippen molar-refractivity contribution in [3.05, 3.63) is 65.7 Å². The number of aromatic hydroxyl groups is 1. The van der Waals surface area contributed by atoms with Crippen LogP contribution >= 0.6 is 11.8 Å². The van der Waals surface area contributed by atoms with E-state index in [1.807, 2.05) is 0 Å². The average Bonchev–Trinajstić information content (AvgIpc) is 1.62. The van der Waals surface area contributed by atoms with Crippen LogP contribution in [0.1, 0.15) is 141 Å². The lowest BCUT2D eigenvalue weighted by atomic mass is 10.00. The predicted octanol–water partition coefficient (Wildman–Crippen LogP) is -4.46. The molecule has 0 saturated carbocycles. The normalized spacial score (nSPS) is 16.9. The molecule has 13 atom stereocenters. The fourth-order valence-electron chi connectivity index (χ4n) is 12.7. The number of thioether (sulfide) groups is 1. The number of urea groups is 1. The molecule has 111 heavy (non-hydrogen) atoms. The second-order valence-electron chi connectivity index (χ2n) is 28.0. The Labute approximate surface area is 651 Å². The molecule has 4 rings (SSSR count). The van der Waals surface area contributed by atoms with Gasteiger partial charge in [0.25, 0.3) is 0 Å². The minimum Gasteiger partial charge on any atom is -0.508 e. The maximum atomic E-state index is 14.9. The van der Waals surface area contributed by atoms with Gasteiger partial charge in [0.2, 0.25) is 65.0 Å². The number of aliphatic carboxylic acids is 1. The summed E-state index contributed by atoms with van der Waals surface area (Å²) in [5.74, 6) is -11.5. The highest BCUT2D eigenvalue weighted by molar-refractivity contribution is 7.98. The summed E-state index contributed by atoms with van der Waals surface area (Å²) >= 11 is 1.33. The number of unbranched alkanes of at least 4 members (excludes halogenated alkanes) is 2. The number of aliphatic hydroxyl groups is 1. The van der Waals surface area contributed by atoms with Gasteiger partial charge in [0.1, 0.15) is 72.2 Å². The number of nitrogens with two attached hydrogens (primary N) is 8. The number of aliphatic hydroxyl groups excluding tert-OH is 1. The molecule has 2 heterocycles. The summed E-state index contributed by atoms with van der Waals surface area (Å²) in [6, 6.07) is -3.03. The van der Waals surface area contributed by atoms with E-state index in [-0.39, 0.29) is 146 Å². The summed E-state index contributed by atoms with van der Waals surface area (Å²) in [7, 11) is 0. The lowest BCUT2D eigenvalue weighted by Gasteiger charge is -2.30. The number of carbonyl (C=O) groups excluding carboxylic acids is 12. The van der Waals surface area contributed by atoms with Gasteiger partial charge in [-0.15, -0.1) is 0 Å². The van der Waals surface area contributed by atoms with Crippen LogP contribution in [-0.2, 0) is 70.4 Å². The SMILES string of the molecule is CSCC[C@H](NC(=O)[C@H](Cc1ccccc1)NC(=O)[C@H](CCCCN)NC(=O)[C@H](CCCNC(N)=O)NC(=O)[C@@H](NC(=O)[C@@H](NC(=O)[C@H](Cc1ccc(O)cc1)NC(=O)[C@@H]1CCCN1C(=O)[C@@H](N)CCCCN)[C@@H](C)O)C(C)C)C(=O)N[C@@H](CCCN=C(N)N)C(=O)N[C@@H](CCCN=C(N)N)C(=O)N1CCC[C@H]1C(=O)O. The molecule has 618 valence electrons. The lowest BCUT2D eigenvalue weighted by molar-refractivity contribution is -0.149. The van der Waals surface area contributed by atoms with Crippen LogP contribution in [-0.4, -0.2) is 250 Å². The third-order valence-electron chi connectivity index (χ3n) is 18.7. The minimum absolute atomic E-state index is 0.00357. The van der Waals surface area contributed by atoms with Crippen molar-refractivity contribution in [2.75, 3.05) is 57.8 Å². The number of carbonyl (C=O) groups is 13. The number of nitrogens with one attached hydrogen (secondary N) is 10. The number of carboxylic acids is 1. The molecule has 2 aromatic rings. The molecule has 13 amide bonds. The van der Waals surface area contributed by atoms with Crippen LogP contribution < -0.4 is 99.0 Å². The van der Waals surface area contributed by atoms with E-state index in [1.54, 1.807) is 50.4 Å². The van der Waals surface area contributed by atoms with Crippen LogP contribution in [0.3, 0.4) is 0 Å². The van der Waals surface area contributed by atoms with Crippen molar-refractivity contribution >= 4 is 101 Å². The molecule has 0 unspecified atom stereocenters. The van der Waals surface area contributed by atoms with Crippen molar-refractivity contribution in [2.45, 2.75) is 221 Å². The number of hydrogen-bond acceptors (Lipinski definition) is 21. The van der Waals surface area contributed by atoms with Crippen LogP contribution in [0.2, 0.25) is 0 Å². The Morgan fingerprint density at radius 3 is 1.42 bits per heavy atom. The quantitative estimate of drug-likeness (QED) is 0.0169. The first-order valence-corrected chi connectivity index (χ1v) is 39.1. The fourth-order valence-corrected chi connectivity index (χ4v) is 13.2. The van der Waals surface area contributed by atoms with Crippen molar-refractivity contribution in [3.8, 4) is 5.75 Å². The number of aliphatic imine (C=N–C) groups is 2. The molecule has 38 nitrogen and oxygen atoms in total. The third-order valence-corrected chi connectivity index (χ3v) is 19.4. The van der Waals surface area contributed by atoms with Gasteiger partial charge in [0, 0.05) is 45.6 Å². The van der Waals surface area contributed by atoms with E-state index in [9.17, 15) is 77.6 Å². The molecular formula is C72H118N22O16S. The van der Waals surface area contributed by atoms with Crippen LogP contribution in [0.4, 0.5) is 4.79 Å². The molecule has 2 saturated heterocycles. The fraction of sp³-hybridized carbons (Fsp3) is 0.625. The number of nitrogens with zero attached hydrogens (tertiary/aromatic N) is 4. The monoisotopic (exact) mass is 1580 g/mol. The molecule has 0 aliphatic carbocycles. The largest absolute Gasteiger partial charge is 0.508 e. The smallest absolute Gasteiger partial charge is 0.326 e. The zero-order chi connectivity index (χ0) is 82.3. The molecule has 29 N–H and O–H groups in total. The van der Waals surface area contributed by atoms with E-state index in [0.717, 1.165) is 0 Å². The number of hydrogen-bond donors (Lipinski definition) is 21. The molecule has 2 aliphatic rings. The zero-order valence-corrected chi connectivity index (χ0v) is 64.7. The van der Waals surface area contributed by atoms with Crippen LogP contribution in [0, 0.1) is 5.92 Å². The van der Waals surface area contributed by atoms with E-state index in [0.29, 0.717) is 56.2 Å². The van der Waals surface area contributed by atoms with E-state index >= 15 is 0 Å². The van der Waals surface area contributed by atoms with Crippen molar-refractivity contribution in [2.24, 2.45) is 61.8 Å². The molecule has 0 radical (unpaired) electrons. The van der Waals surface area contributed by atoms with Gasteiger partial charge in [0.05, 0.1) is 12.1 Å². The molecular weight excluding hydrogens is 1460 g/mol. The number of likely N-dealkylation sites (tertiary alicyclic amines) is 2. The second-order valence-corrected chi connectivity index (χ2v) is 28.9. The standard InChI is InChI=1S/C72H118N22O16S/c1-41(2)56(91-66(105)57(42(3)95)92-63(102)53(40-44-26-28-45(96)29-27-44)90-64(103)54-24-15-36-93(54)67(106)46(75)19-8-10-31-73)65(104)87-49(22-13-35-83-72(80)110)58(97)84-47(20-9-11-32-74)60(99)89-52(39-43-17-6-5-7-18-43)62(101)86-50(30-38-111-4)61(100)85-48(21-12-33-81-70(76)77)59(98)88-51(23-14-34-82-71(78)79)68(107)94-37-16-25-55(94)69(108)109/h5-7,17-18,26-29,41-42,46-57,95-96H,8-16,19-25,30-40,73-75H2,1-4H3,(H,84,97)(H,85,100)(H,86,101)(H,87,104)(H,88,98)(H,89,99)(H,90,103)(H,91,105)(H,92,102)(H,108,109)(H4,76,77,81)(H4,78,79,82)(H3,80,83,110)/t42-,46+,47+,48+,49+,50+,51+,52+,53+,54+,55+,56+,57+/m1/s1. The first kappa shape index (κ1) is 93.3. The molecule has 0 spiro atoms. The summed E-state index contributed by atoms with van der Waals surface area (Å²) < 4.78 is 0. The lowest BCUT2D eigenvalue weighted by Crippen LogP contribution is -2.62. The van der Waals surface area contributed by atoms with Crippen LogP contribution in [0.15, 0.2) is 64.6 Å². The Hall–Kier alpha value is -10.1. The maximum Gasteiger partial charge on any atom is 0.326 e. The highest BCUT2D eigenvalue weighted by atomic mass is 32.2. The molecule has 2 fully saturated rings. The zero-order valence-electron chi connectivity index (χ0n) is 63.8. The van der Waals surface area contributed by atoms with Gasteiger partial charge in [-0.2, -0.15) is 11.8 Å². The number of primary amides is 1. The number of rotatable bonds is 50. The number of carboxylic acid groups (broad SMARTS) is 1. The first-order chi connectivity index (χ1) is 52.8. The van der Waals surface area contributed by atoms with Gasteiger partial charge in [-0.3, -0.25) is 62.7 Å². The number of amides is 13. The van der Waals surface area contributed by atoms with E-state index < -0.39 is 162 Å². The summed E-state index contributed by atoms with van der Waals surface area (Å²) in [5.41, 5.74) is 46.4. The number of phenols is 1. The predicted molar refractivity (Wildman–Crippen MR) is 416 cm³/mol. The van der Waals surface area contributed by atoms with Gasteiger partial charge < -0.3 is 124 Å². The first-order valence-electron chi connectivity index (χ1n) is 37.7. The van der Waals surface area contributed by atoms with Crippen LogP contribution in [0.5, 0.6) is 5.75 Å². The summed E-state index contributed by atoms with van der Waals surface area (Å²) in [4.78, 5) is 194. The van der Waals surface area contributed by atoms with Gasteiger partial charge in [-0.05, 0) is 164 Å². The van der Waals surface area contributed by atoms with Crippen molar-refractivity contribution < 1.29 is 77.6 Å². The van der Waals surface area contributed by atoms with Crippen LogP contribution in [0.25, 0.3) is 0 Å². The Morgan fingerprint density at radius 2 is 0.919 bits per heavy atom. The van der Waals surface area contributed by atoms with E-state index in [2.05, 4.69) is 63.2 Å². The van der Waals surface area contributed by atoms with Crippen molar-refractivity contribution in [1.82, 2.24) is 63.0 Å². The van der Waals surface area contributed by atoms with E-state index in [1.165, 1.54) is 52.8 Å². The van der Waals surface area contributed by atoms with Gasteiger partial charge in [-0.1, -0.05) is 62.7 Å². The summed E-state index contributed by atoms with van der Waals surface area (Å²) in [5, 5.41) is 57.7. The van der Waals surface area contributed by atoms with Gasteiger partial charge >= 0.3 is 12.0 Å². The Kier molecular flexibility index (Phi) is 41.3. The van der Waals surface area contributed by atoms with Gasteiger partial charge in [-0.25, -0.2) is 9.59 Å².